The van der Waals surface area contributed by atoms with E-state index in [-0.39, 0.29) is 0 Å². The summed E-state index contributed by atoms with van der Waals surface area (Å²) < 4.78 is 0. The fourth-order valence-electron chi connectivity index (χ4n) is 3.19. The van der Waals surface area contributed by atoms with E-state index in [1.165, 1.54) is 51.4 Å². The van der Waals surface area contributed by atoms with E-state index >= 15 is 0 Å². The molecule has 0 aromatic heterocycles. The fraction of sp³-hybridized carbons (Fsp3) is 1.00. The van der Waals surface area contributed by atoms with Crippen LogP contribution in [0.5, 0.6) is 0 Å². The number of rotatable bonds is 6. The van der Waals surface area contributed by atoms with Crippen LogP contribution < -0.4 is 11.3 Å². The van der Waals surface area contributed by atoms with Gasteiger partial charge in [0, 0.05) is 11.6 Å². The number of hydrogen-bond acceptors (Lipinski definition) is 3. The third kappa shape index (κ3) is 2.96. The molecule has 1 fully saturated rings. The molecule has 3 N–H and O–H groups in total. The van der Waals surface area contributed by atoms with Gasteiger partial charge in [-0.1, -0.05) is 39.0 Å². The molecule has 1 atom stereocenters. The lowest BCUT2D eigenvalue weighted by Crippen LogP contribution is -2.61. The minimum absolute atomic E-state index is 0.294. The van der Waals surface area contributed by atoms with Gasteiger partial charge in [0.05, 0.1) is 0 Å². The number of nitrogens with one attached hydrogen (secondary N) is 1. The minimum Gasteiger partial charge on any atom is -0.302 e. The van der Waals surface area contributed by atoms with Gasteiger partial charge in [0.15, 0.2) is 0 Å². The molecule has 3 heteroatoms. The first-order valence-electron chi connectivity index (χ1n) is 6.81. The SMILES string of the molecule is CCCCC(NN)C1(N(C)C)CCCCC1. The predicted octanol–water partition coefficient (Wildman–Crippen LogP) is 2.27. The van der Waals surface area contributed by atoms with Crippen molar-refractivity contribution in [1.29, 1.82) is 0 Å². The van der Waals surface area contributed by atoms with Crippen molar-refractivity contribution < 1.29 is 0 Å². The summed E-state index contributed by atoms with van der Waals surface area (Å²) >= 11 is 0. The largest absolute Gasteiger partial charge is 0.302 e. The zero-order valence-electron chi connectivity index (χ0n) is 11.3. The van der Waals surface area contributed by atoms with E-state index in [1.54, 1.807) is 0 Å². The van der Waals surface area contributed by atoms with Crippen LogP contribution in [0.15, 0.2) is 0 Å². The van der Waals surface area contributed by atoms with Crippen molar-refractivity contribution in [3.63, 3.8) is 0 Å². The summed E-state index contributed by atoms with van der Waals surface area (Å²) in [7, 11) is 4.42. The van der Waals surface area contributed by atoms with Crippen molar-refractivity contribution in [2.24, 2.45) is 5.84 Å². The van der Waals surface area contributed by atoms with Crippen LogP contribution in [-0.2, 0) is 0 Å². The maximum Gasteiger partial charge on any atom is 0.0394 e. The third-order valence-electron chi connectivity index (χ3n) is 4.31. The predicted molar refractivity (Wildman–Crippen MR) is 70.1 cm³/mol. The van der Waals surface area contributed by atoms with Crippen LogP contribution in [0.4, 0.5) is 0 Å². The molecule has 0 spiro atoms. The van der Waals surface area contributed by atoms with Gasteiger partial charge in [-0.3, -0.25) is 11.3 Å². The third-order valence-corrected chi connectivity index (χ3v) is 4.31. The topological polar surface area (TPSA) is 41.3 Å². The molecule has 1 aliphatic rings. The number of likely N-dealkylation sites (N-methyl/N-ethyl adjacent to an activating group) is 1. The van der Waals surface area contributed by atoms with Gasteiger partial charge in [0.25, 0.3) is 0 Å². The molecular weight excluding hydrogens is 198 g/mol. The second kappa shape index (κ2) is 6.58. The lowest BCUT2D eigenvalue weighted by atomic mass is 9.74. The molecule has 0 aromatic carbocycles. The van der Waals surface area contributed by atoms with Crippen molar-refractivity contribution in [1.82, 2.24) is 10.3 Å². The lowest BCUT2D eigenvalue weighted by molar-refractivity contribution is 0.0526. The Balaban J connectivity index is 2.71. The summed E-state index contributed by atoms with van der Waals surface area (Å²) in [6, 6.07) is 0.447. The van der Waals surface area contributed by atoms with E-state index in [4.69, 9.17) is 5.84 Å². The minimum atomic E-state index is 0.294. The van der Waals surface area contributed by atoms with Crippen molar-refractivity contribution in [3.05, 3.63) is 0 Å². The standard InChI is InChI=1S/C13H29N3/c1-4-5-9-12(15-14)13(16(2)3)10-7-6-8-11-13/h12,15H,4-11,14H2,1-3H3. The molecule has 0 amide bonds. The van der Waals surface area contributed by atoms with Gasteiger partial charge in [-0.2, -0.15) is 0 Å². The summed E-state index contributed by atoms with van der Waals surface area (Å²) in [4.78, 5) is 2.41. The van der Waals surface area contributed by atoms with E-state index in [2.05, 4.69) is 31.3 Å². The summed E-state index contributed by atoms with van der Waals surface area (Å²) in [5, 5.41) is 0. The zero-order valence-corrected chi connectivity index (χ0v) is 11.3. The Bertz CT molecular complexity index is 186. The van der Waals surface area contributed by atoms with Crippen LogP contribution in [0, 0.1) is 0 Å². The average molecular weight is 227 g/mol. The van der Waals surface area contributed by atoms with E-state index < -0.39 is 0 Å². The van der Waals surface area contributed by atoms with Crippen molar-refractivity contribution in [2.75, 3.05) is 14.1 Å². The van der Waals surface area contributed by atoms with E-state index in [9.17, 15) is 0 Å². The highest BCUT2D eigenvalue weighted by atomic mass is 15.3. The summed E-state index contributed by atoms with van der Waals surface area (Å²) in [6.07, 6.45) is 10.4. The van der Waals surface area contributed by atoms with Gasteiger partial charge in [0.2, 0.25) is 0 Å². The average Bonchev–Trinajstić information content (AvgIpc) is 2.31. The lowest BCUT2D eigenvalue weighted by Gasteiger charge is -2.48. The highest BCUT2D eigenvalue weighted by Crippen LogP contribution is 2.36. The quantitative estimate of drug-likeness (QED) is 0.540. The monoisotopic (exact) mass is 227 g/mol. The smallest absolute Gasteiger partial charge is 0.0394 e. The molecule has 0 heterocycles. The molecule has 1 rings (SSSR count). The molecule has 3 nitrogen and oxygen atoms in total. The highest BCUT2D eigenvalue weighted by Gasteiger charge is 2.40. The first-order valence-corrected chi connectivity index (χ1v) is 6.81. The van der Waals surface area contributed by atoms with Gasteiger partial charge < -0.3 is 4.90 Å². The number of nitrogens with zero attached hydrogens (tertiary/aromatic N) is 1. The van der Waals surface area contributed by atoms with E-state index in [1.807, 2.05) is 0 Å². The van der Waals surface area contributed by atoms with Crippen molar-refractivity contribution in [2.45, 2.75) is 69.9 Å². The van der Waals surface area contributed by atoms with Gasteiger partial charge in [-0.15, -0.1) is 0 Å². The normalized spacial score (nSPS) is 22.3. The Morgan fingerprint density at radius 1 is 1.25 bits per heavy atom. The number of hydrazine groups is 1. The molecule has 0 saturated heterocycles. The first-order chi connectivity index (χ1) is 7.67. The second-order valence-corrected chi connectivity index (χ2v) is 5.42. The van der Waals surface area contributed by atoms with E-state index in [0.29, 0.717) is 11.6 Å². The Morgan fingerprint density at radius 3 is 2.31 bits per heavy atom. The van der Waals surface area contributed by atoms with Gasteiger partial charge >= 0.3 is 0 Å². The maximum absolute atomic E-state index is 5.79. The maximum atomic E-state index is 5.79. The molecule has 1 aliphatic carbocycles. The van der Waals surface area contributed by atoms with Crippen LogP contribution in [0.1, 0.15) is 58.3 Å². The van der Waals surface area contributed by atoms with Crippen molar-refractivity contribution >= 4 is 0 Å². The number of unbranched alkanes of at least 4 members (excludes halogenated alkanes) is 1. The van der Waals surface area contributed by atoms with Crippen LogP contribution in [0.2, 0.25) is 0 Å². The van der Waals surface area contributed by atoms with Crippen molar-refractivity contribution in [3.8, 4) is 0 Å². The molecule has 96 valence electrons. The van der Waals surface area contributed by atoms with Gasteiger partial charge in [-0.25, -0.2) is 0 Å². The summed E-state index contributed by atoms with van der Waals surface area (Å²) in [5.74, 6) is 5.79. The molecule has 16 heavy (non-hydrogen) atoms. The Morgan fingerprint density at radius 2 is 1.88 bits per heavy atom. The summed E-state index contributed by atoms with van der Waals surface area (Å²) in [6.45, 7) is 2.25. The van der Waals surface area contributed by atoms with Crippen LogP contribution in [0.25, 0.3) is 0 Å². The molecular formula is C13H29N3. The van der Waals surface area contributed by atoms with Crippen LogP contribution in [-0.4, -0.2) is 30.6 Å². The van der Waals surface area contributed by atoms with Gasteiger partial charge in [0.1, 0.15) is 0 Å². The first kappa shape index (κ1) is 13.9. The zero-order chi connectivity index (χ0) is 12.0. The molecule has 1 saturated carbocycles. The Kier molecular flexibility index (Phi) is 5.73. The summed E-state index contributed by atoms with van der Waals surface area (Å²) in [5.41, 5.74) is 3.38. The molecule has 1 unspecified atom stereocenters. The van der Waals surface area contributed by atoms with Crippen LogP contribution >= 0.6 is 0 Å². The number of nitrogens with two attached hydrogens (primary N) is 1. The molecule has 0 radical (unpaired) electrons. The molecule has 0 bridgehead atoms. The fourth-order valence-corrected chi connectivity index (χ4v) is 3.19. The Labute approximate surface area is 101 Å². The number of hydrogen-bond donors (Lipinski definition) is 2. The Hall–Kier alpha value is -0.120. The van der Waals surface area contributed by atoms with E-state index in [0.717, 1.165) is 0 Å². The van der Waals surface area contributed by atoms with Crippen LogP contribution in [0.3, 0.4) is 0 Å². The molecule has 0 aliphatic heterocycles. The second-order valence-electron chi connectivity index (χ2n) is 5.42. The van der Waals surface area contributed by atoms with Gasteiger partial charge in [-0.05, 0) is 33.4 Å². The highest BCUT2D eigenvalue weighted by molar-refractivity contribution is 4.99. The molecule has 0 aromatic rings.